The molecule has 4 N–H and O–H groups in total. The summed E-state index contributed by atoms with van der Waals surface area (Å²) < 4.78 is 0. The molecule has 2 amide bonds. The third kappa shape index (κ3) is 5.32. The van der Waals surface area contributed by atoms with Crippen molar-refractivity contribution in [2.24, 2.45) is 15.2 Å². The number of nitrogens with one attached hydrogen (secondary N) is 3. The lowest BCUT2D eigenvalue weighted by atomic mass is 10.00. The van der Waals surface area contributed by atoms with Crippen LogP contribution in [-0.2, 0) is 0 Å². The number of carbonyl (C=O) groups is 2. The van der Waals surface area contributed by atoms with Crippen LogP contribution in [0, 0.1) is 0 Å². The average molecular weight is 738 g/mol. The molecule has 13 heteroatoms. The standard InChI is InChI=1S/C37H20Cl4N6O3/c38-28-26-27(29(39)31(41)30(28)40)37(50)45-35(26)42-19-11-13-20(14-12-19)46-47-33-25-17(10-15-22-21-8-4-5-9-24(21)44-32(22)25)16-23(34(33)48)36(49)43-18-6-2-1-3-7-18/h1-16,44,48H,(H,43,49)(H,42,45,50). The number of azo groups is 1. The first-order valence-electron chi connectivity index (χ1n) is 15.0. The second-order valence-corrected chi connectivity index (χ2v) is 12.8. The van der Waals surface area contributed by atoms with Gasteiger partial charge in [0.2, 0.25) is 0 Å². The van der Waals surface area contributed by atoms with Crippen LogP contribution in [0.15, 0.2) is 112 Å². The Balaban J connectivity index is 1.20. The topological polar surface area (TPSA) is 131 Å². The maximum absolute atomic E-state index is 13.4. The molecule has 0 atom stereocenters. The first-order valence-corrected chi connectivity index (χ1v) is 16.5. The molecule has 0 radical (unpaired) electrons. The van der Waals surface area contributed by atoms with E-state index in [1.807, 2.05) is 42.5 Å². The number of anilines is 1. The minimum absolute atomic E-state index is 0.0131. The number of halogens is 4. The Kier molecular flexibility index (Phi) is 7.92. The molecule has 0 unspecified atom stereocenters. The Morgan fingerprint density at radius 3 is 2.16 bits per heavy atom. The van der Waals surface area contributed by atoms with Crippen LogP contribution in [0.3, 0.4) is 0 Å². The number of carbonyl (C=O) groups excluding carboxylic acids is 2. The molecule has 244 valence electrons. The van der Waals surface area contributed by atoms with E-state index in [0.29, 0.717) is 27.8 Å². The maximum atomic E-state index is 13.4. The lowest BCUT2D eigenvalue weighted by molar-refractivity contribution is 0.0981. The molecule has 0 fully saturated rings. The van der Waals surface area contributed by atoms with Gasteiger partial charge in [0.1, 0.15) is 11.5 Å². The zero-order valence-corrected chi connectivity index (χ0v) is 28.4. The van der Waals surface area contributed by atoms with Crippen molar-refractivity contribution >= 4 is 119 Å². The van der Waals surface area contributed by atoms with E-state index in [-0.39, 0.29) is 54.1 Å². The van der Waals surface area contributed by atoms with Gasteiger partial charge in [-0.2, -0.15) is 5.11 Å². The number of amides is 2. The summed E-state index contributed by atoms with van der Waals surface area (Å²) in [4.78, 5) is 34.1. The fraction of sp³-hybridized carbons (Fsp3) is 0. The van der Waals surface area contributed by atoms with Gasteiger partial charge in [-0.05, 0) is 53.9 Å². The van der Waals surface area contributed by atoms with Gasteiger partial charge in [-0.15, -0.1) is 5.11 Å². The van der Waals surface area contributed by atoms with Gasteiger partial charge in [-0.25, -0.2) is 4.99 Å². The number of amidine groups is 1. The van der Waals surface area contributed by atoms with Crippen molar-refractivity contribution in [3.05, 3.63) is 134 Å². The predicted octanol–water partition coefficient (Wildman–Crippen LogP) is 11.3. The number of fused-ring (bicyclic) bond motifs is 6. The lowest BCUT2D eigenvalue weighted by Crippen LogP contribution is -2.21. The van der Waals surface area contributed by atoms with Gasteiger partial charge < -0.3 is 20.7 Å². The molecule has 6 aromatic carbocycles. The molecule has 2 heterocycles. The Labute approximate surface area is 303 Å². The molecule has 1 aromatic heterocycles. The maximum Gasteiger partial charge on any atom is 0.259 e. The molecule has 0 bridgehead atoms. The summed E-state index contributed by atoms with van der Waals surface area (Å²) in [6.45, 7) is 0. The summed E-state index contributed by atoms with van der Waals surface area (Å²) in [5, 5.41) is 29.3. The summed E-state index contributed by atoms with van der Waals surface area (Å²) >= 11 is 25.1. The average Bonchev–Trinajstić information content (AvgIpc) is 3.67. The van der Waals surface area contributed by atoms with Gasteiger partial charge in [0, 0.05) is 27.4 Å². The number of benzene rings is 6. The van der Waals surface area contributed by atoms with Gasteiger partial charge in [0.15, 0.2) is 5.75 Å². The molecule has 1 aliphatic rings. The zero-order valence-electron chi connectivity index (χ0n) is 25.4. The predicted molar refractivity (Wildman–Crippen MR) is 200 cm³/mol. The number of hydrogen-bond donors (Lipinski definition) is 4. The summed E-state index contributed by atoms with van der Waals surface area (Å²) in [6.07, 6.45) is 0. The fourth-order valence-electron chi connectivity index (χ4n) is 5.98. The number of H-pyrrole nitrogens is 1. The van der Waals surface area contributed by atoms with Crippen molar-refractivity contribution in [2.75, 3.05) is 5.32 Å². The first kappa shape index (κ1) is 31.8. The van der Waals surface area contributed by atoms with E-state index < -0.39 is 11.8 Å². The highest BCUT2D eigenvalue weighted by molar-refractivity contribution is 6.55. The number of aliphatic imine (C=N–C) groups is 1. The summed E-state index contributed by atoms with van der Waals surface area (Å²) in [6, 6.07) is 29.0. The van der Waals surface area contributed by atoms with Crippen LogP contribution >= 0.6 is 46.4 Å². The van der Waals surface area contributed by atoms with E-state index in [1.54, 1.807) is 54.6 Å². The lowest BCUT2D eigenvalue weighted by Gasteiger charge is -2.12. The molecule has 1 aliphatic heterocycles. The third-order valence-corrected chi connectivity index (χ3v) is 10.1. The molecular weight excluding hydrogens is 718 g/mol. The van der Waals surface area contributed by atoms with Crippen LogP contribution in [0.1, 0.15) is 26.3 Å². The van der Waals surface area contributed by atoms with Gasteiger partial charge in [-0.3, -0.25) is 9.59 Å². The smallest absolute Gasteiger partial charge is 0.259 e. The Morgan fingerprint density at radius 1 is 0.720 bits per heavy atom. The minimum Gasteiger partial charge on any atom is -0.505 e. The number of aromatic nitrogens is 1. The van der Waals surface area contributed by atoms with Crippen molar-refractivity contribution in [3.63, 3.8) is 0 Å². The molecule has 50 heavy (non-hydrogen) atoms. The van der Waals surface area contributed by atoms with E-state index in [1.165, 1.54) is 0 Å². The number of para-hydroxylation sites is 2. The quantitative estimate of drug-likeness (QED) is 0.0796. The highest BCUT2D eigenvalue weighted by Gasteiger charge is 2.34. The highest BCUT2D eigenvalue weighted by Crippen LogP contribution is 2.45. The van der Waals surface area contributed by atoms with Gasteiger partial charge in [0.05, 0.1) is 53.7 Å². The SMILES string of the molecule is O=C(Nc1ccccc1)c1cc2ccc3c4ccccc4[nH]c3c2c(N=Nc2ccc(N=C3NC(=O)c4c(Cl)c(Cl)c(Cl)c(Cl)c43)cc2)c1O. The summed E-state index contributed by atoms with van der Waals surface area (Å²) in [5.74, 6) is -1.17. The normalized spacial score (nSPS) is 13.5. The van der Waals surface area contributed by atoms with E-state index in [0.717, 1.165) is 21.8 Å². The first-order chi connectivity index (χ1) is 24.2. The number of hydrogen-bond acceptors (Lipinski definition) is 6. The van der Waals surface area contributed by atoms with Crippen molar-refractivity contribution in [1.82, 2.24) is 10.3 Å². The van der Waals surface area contributed by atoms with Crippen molar-refractivity contribution in [2.45, 2.75) is 0 Å². The fourth-order valence-corrected chi connectivity index (χ4v) is 7.01. The molecule has 8 rings (SSSR count). The number of phenols is 1. The molecule has 0 saturated heterocycles. The van der Waals surface area contributed by atoms with E-state index in [2.05, 4.69) is 30.8 Å². The van der Waals surface area contributed by atoms with Gasteiger partial charge >= 0.3 is 0 Å². The summed E-state index contributed by atoms with van der Waals surface area (Å²) in [7, 11) is 0. The van der Waals surface area contributed by atoms with Gasteiger partial charge in [-0.1, -0.05) is 94.9 Å². The van der Waals surface area contributed by atoms with Crippen LogP contribution < -0.4 is 10.6 Å². The molecule has 0 saturated carbocycles. The van der Waals surface area contributed by atoms with Crippen molar-refractivity contribution < 1.29 is 14.7 Å². The largest absolute Gasteiger partial charge is 0.505 e. The van der Waals surface area contributed by atoms with Crippen LogP contribution in [0.4, 0.5) is 22.7 Å². The second kappa shape index (κ2) is 12.5. The van der Waals surface area contributed by atoms with Crippen LogP contribution in [-0.4, -0.2) is 27.7 Å². The Morgan fingerprint density at radius 2 is 1.40 bits per heavy atom. The number of nitrogens with zero attached hydrogens (tertiary/aromatic N) is 3. The van der Waals surface area contributed by atoms with Crippen molar-refractivity contribution in [1.29, 1.82) is 0 Å². The van der Waals surface area contributed by atoms with Crippen molar-refractivity contribution in [3.8, 4) is 5.75 Å². The van der Waals surface area contributed by atoms with E-state index in [9.17, 15) is 14.7 Å². The number of rotatable bonds is 5. The molecule has 0 aliphatic carbocycles. The molecule has 7 aromatic rings. The minimum atomic E-state index is -0.509. The van der Waals surface area contributed by atoms with Crippen LogP contribution in [0.2, 0.25) is 20.1 Å². The van der Waals surface area contributed by atoms with Gasteiger partial charge in [0.25, 0.3) is 11.8 Å². The number of aromatic amines is 1. The zero-order chi connectivity index (χ0) is 34.7. The highest BCUT2D eigenvalue weighted by atomic mass is 35.5. The monoisotopic (exact) mass is 736 g/mol. The van der Waals surface area contributed by atoms with Crippen LogP contribution in [0.5, 0.6) is 5.75 Å². The third-order valence-electron chi connectivity index (χ3n) is 8.33. The van der Waals surface area contributed by atoms with E-state index >= 15 is 0 Å². The van der Waals surface area contributed by atoms with E-state index in [4.69, 9.17) is 46.4 Å². The van der Waals surface area contributed by atoms with Crippen LogP contribution in [0.25, 0.3) is 32.6 Å². The molecular formula is C37H20Cl4N6O3. The number of phenolic OH excluding ortho intramolecular Hbond substituents is 1. The number of aromatic hydroxyl groups is 1. The summed E-state index contributed by atoms with van der Waals surface area (Å²) in [5.41, 5.74) is 3.61. The Bertz CT molecular complexity index is 2640. The molecule has 9 nitrogen and oxygen atoms in total. The second-order valence-electron chi connectivity index (χ2n) is 11.3. The molecule has 0 spiro atoms. The Hall–Kier alpha value is -5.45.